The lowest BCUT2D eigenvalue weighted by Gasteiger charge is -2.14. The van der Waals surface area contributed by atoms with Crippen molar-refractivity contribution in [1.29, 1.82) is 0 Å². The van der Waals surface area contributed by atoms with Crippen LogP contribution in [-0.4, -0.2) is 28.5 Å². The molecular formula is C21H23N3O4. The predicted molar refractivity (Wildman–Crippen MR) is 107 cm³/mol. The minimum atomic E-state index is -0.780. The SMILES string of the molecule is COc1ccc(O[C@@H](C)C(=O)Nc2c(C)n(C)n(-c3ccccc3)c2=O)cc1. The van der Waals surface area contributed by atoms with Crippen molar-refractivity contribution in [3.8, 4) is 17.2 Å². The Bertz CT molecular complexity index is 1020. The fourth-order valence-electron chi connectivity index (χ4n) is 2.85. The van der Waals surface area contributed by atoms with Gasteiger partial charge in [0, 0.05) is 7.05 Å². The molecule has 0 unspecified atom stereocenters. The van der Waals surface area contributed by atoms with Crippen LogP contribution >= 0.6 is 0 Å². The molecule has 146 valence electrons. The number of aromatic nitrogens is 2. The highest BCUT2D eigenvalue weighted by Gasteiger charge is 2.21. The monoisotopic (exact) mass is 381 g/mol. The van der Waals surface area contributed by atoms with Crippen molar-refractivity contribution < 1.29 is 14.3 Å². The molecule has 0 aliphatic heterocycles. The summed E-state index contributed by atoms with van der Waals surface area (Å²) in [6, 6.07) is 16.2. The van der Waals surface area contributed by atoms with E-state index in [2.05, 4.69) is 5.32 Å². The average Bonchev–Trinajstić information content (AvgIpc) is 2.92. The van der Waals surface area contributed by atoms with Crippen LogP contribution in [0.5, 0.6) is 11.5 Å². The van der Waals surface area contributed by atoms with Gasteiger partial charge in [-0.1, -0.05) is 18.2 Å². The molecule has 28 heavy (non-hydrogen) atoms. The number of amides is 1. The van der Waals surface area contributed by atoms with E-state index in [-0.39, 0.29) is 11.2 Å². The molecule has 0 saturated carbocycles. The Morgan fingerprint density at radius 1 is 1.04 bits per heavy atom. The summed E-state index contributed by atoms with van der Waals surface area (Å²) in [5.74, 6) is 0.836. The molecule has 0 radical (unpaired) electrons. The van der Waals surface area contributed by atoms with Gasteiger partial charge in [-0.3, -0.25) is 14.3 Å². The Kier molecular flexibility index (Phi) is 5.54. The molecule has 3 rings (SSSR count). The molecule has 0 aliphatic rings. The quantitative estimate of drug-likeness (QED) is 0.712. The molecule has 0 fully saturated rings. The topological polar surface area (TPSA) is 74.5 Å². The molecule has 7 nitrogen and oxygen atoms in total. The van der Waals surface area contributed by atoms with Crippen molar-refractivity contribution in [3.63, 3.8) is 0 Å². The van der Waals surface area contributed by atoms with Gasteiger partial charge in [-0.2, -0.15) is 0 Å². The number of rotatable bonds is 6. The van der Waals surface area contributed by atoms with E-state index >= 15 is 0 Å². The second kappa shape index (κ2) is 8.04. The number of nitrogens with zero attached hydrogens (tertiary/aromatic N) is 2. The summed E-state index contributed by atoms with van der Waals surface area (Å²) in [6.45, 7) is 3.42. The third-order valence-electron chi connectivity index (χ3n) is 4.54. The van der Waals surface area contributed by atoms with E-state index in [0.717, 1.165) is 5.69 Å². The van der Waals surface area contributed by atoms with Crippen LogP contribution in [0.1, 0.15) is 12.6 Å². The van der Waals surface area contributed by atoms with Crippen LogP contribution in [0.15, 0.2) is 59.4 Å². The molecule has 1 amide bonds. The van der Waals surface area contributed by atoms with Crippen LogP contribution in [0.2, 0.25) is 0 Å². The van der Waals surface area contributed by atoms with Crippen LogP contribution in [0.3, 0.4) is 0 Å². The Hall–Kier alpha value is -3.48. The standard InChI is InChI=1S/C21H23N3O4/c1-14-19(21(26)24(23(14)3)16-8-6-5-7-9-16)22-20(25)15(2)28-18-12-10-17(27-4)11-13-18/h5-13,15H,1-4H3,(H,22,25)/t15-/m0/s1. The Balaban J connectivity index is 1.79. The van der Waals surface area contributed by atoms with Gasteiger partial charge in [0.25, 0.3) is 11.5 Å². The average molecular weight is 381 g/mol. The molecule has 2 aromatic carbocycles. The van der Waals surface area contributed by atoms with Gasteiger partial charge >= 0.3 is 0 Å². The van der Waals surface area contributed by atoms with E-state index in [1.165, 1.54) is 4.68 Å². The summed E-state index contributed by atoms with van der Waals surface area (Å²) in [5.41, 5.74) is 1.32. The number of ether oxygens (including phenoxy) is 2. The molecule has 0 bridgehead atoms. The van der Waals surface area contributed by atoms with E-state index in [0.29, 0.717) is 17.2 Å². The fourth-order valence-corrected chi connectivity index (χ4v) is 2.85. The van der Waals surface area contributed by atoms with E-state index in [1.807, 2.05) is 30.3 Å². The molecule has 1 atom stereocenters. The first-order valence-corrected chi connectivity index (χ1v) is 8.88. The Morgan fingerprint density at radius 2 is 1.64 bits per heavy atom. The Morgan fingerprint density at radius 3 is 2.25 bits per heavy atom. The summed E-state index contributed by atoms with van der Waals surface area (Å²) < 4.78 is 14.0. The van der Waals surface area contributed by atoms with Gasteiger partial charge in [0.15, 0.2) is 6.10 Å². The maximum Gasteiger partial charge on any atom is 0.295 e. The number of anilines is 1. The molecule has 1 N–H and O–H groups in total. The first-order valence-electron chi connectivity index (χ1n) is 8.88. The Labute approximate surface area is 163 Å². The molecule has 0 spiro atoms. The molecule has 3 aromatic rings. The van der Waals surface area contributed by atoms with Crippen LogP contribution in [0.4, 0.5) is 5.69 Å². The van der Waals surface area contributed by atoms with E-state index in [9.17, 15) is 9.59 Å². The molecule has 1 aromatic heterocycles. The summed E-state index contributed by atoms with van der Waals surface area (Å²) >= 11 is 0. The van der Waals surface area contributed by atoms with Crippen LogP contribution in [0.25, 0.3) is 5.69 Å². The first kappa shape index (κ1) is 19.3. The maximum atomic E-state index is 12.9. The van der Waals surface area contributed by atoms with Crippen LogP contribution in [-0.2, 0) is 11.8 Å². The number of benzene rings is 2. The van der Waals surface area contributed by atoms with Gasteiger partial charge in [-0.15, -0.1) is 0 Å². The number of hydrogen-bond donors (Lipinski definition) is 1. The number of hydrogen-bond acceptors (Lipinski definition) is 4. The number of methoxy groups -OCH3 is 1. The van der Waals surface area contributed by atoms with Crippen molar-refractivity contribution in [3.05, 3.63) is 70.6 Å². The molecule has 0 aliphatic carbocycles. The normalized spacial score (nSPS) is 11.7. The van der Waals surface area contributed by atoms with Crippen LogP contribution < -0.4 is 20.3 Å². The lowest BCUT2D eigenvalue weighted by Crippen LogP contribution is -2.32. The van der Waals surface area contributed by atoms with Crippen molar-refractivity contribution in [1.82, 2.24) is 9.36 Å². The van der Waals surface area contributed by atoms with Gasteiger partial charge in [-0.25, -0.2) is 4.68 Å². The predicted octanol–water partition coefficient (Wildman–Crippen LogP) is 2.90. The molecular weight excluding hydrogens is 358 g/mol. The number of para-hydroxylation sites is 1. The third kappa shape index (κ3) is 3.78. The largest absolute Gasteiger partial charge is 0.497 e. The smallest absolute Gasteiger partial charge is 0.295 e. The maximum absolute atomic E-state index is 12.9. The van der Waals surface area contributed by atoms with Gasteiger partial charge in [-0.05, 0) is 50.2 Å². The second-order valence-electron chi connectivity index (χ2n) is 6.36. The first-order chi connectivity index (χ1) is 13.4. The highest BCUT2D eigenvalue weighted by atomic mass is 16.5. The summed E-state index contributed by atoms with van der Waals surface area (Å²) in [6.07, 6.45) is -0.780. The van der Waals surface area contributed by atoms with Crippen molar-refractivity contribution in [2.45, 2.75) is 20.0 Å². The zero-order chi connectivity index (χ0) is 20.3. The van der Waals surface area contributed by atoms with E-state index in [4.69, 9.17) is 9.47 Å². The molecule has 0 saturated heterocycles. The fraction of sp³-hybridized carbons (Fsp3) is 0.238. The van der Waals surface area contributed by atoms with E-state index in [1.54, 1.807) is 57.0 Å². The lowest BCUT2D eigenvalue weighted by molar-refractivity contribution is -0.122. The summed E-state index contributed by atoms with van der Waals surface area (Å²) in [7, 11) is 3.35. The number of carbonyl (C=O) groups excluding carboxylic acids is 1. The minimum absolute atomic E-state index is 0.238. The highest BCUT2D eigenvalue weighted by Crippen LogP contribution is 2.19. The summed E-state index contributed by atoms with van der Waals surface area (Å²) in [4.78, 5) is 25.5. The zero-order valence-electron chi connectivity index (χ0n) is 16.3. The van der Waals surface area contributed by atoms with Gasteiger partial charge < -0.3 is 14.8 Å². The molecule has 7 heteroatoms. The van der Waals surface area contributed by atoms with Crippen molar-refractivity contribution in [2.24, 2.45) is 7.05 Å². The van der Waals surface area contributed by atoms with Crippen molar-refractivity contribution >= 4 is 11.6 Å². The van der Waals surface area contributed by atoms with E-state index < -0.39 is 12.0 Å². The lowest BCUT2D eigenvalue weighted by atomic mass is 10.3. The van der Waals surface area contributed by atoms with Crippen LogP contribution in [0, 0.1) is 6.92 Å². The highest BCUT2D eigenvalue weighted by molar-refractivity contribution is 5.94. The molecule has 1 heterocycles. The summed E-state index contributed by atoms with van der Waals surface area (Å²) in [5, 5.41) is 2.71. The van der Waals surface area contributed by atoms with Gasteiger partial charge in [0.2, 0.25) is 0 Å². The van der Waals surface area contributed by atoms with Gasteiger partial charge in [0.05, 0.1) is 18.5 Å². The number of nitrogens with one attached hydrogen (secondary N) is 1. The minimum Gasteiger partial charge on any atom is -0.497 e. The van der Waals surface area contributed by atoms with Crippen molar-refractivity contribution in [2.75, 3.05) is 12.4 Å². The number of carbonyl (C=O) groups is 1. The second-order valence-corrected chi connectivity index (χ2v) is 6.36. The van der Waals surface area contributed by atoms with Gasteiger partial charge in [0.1, 0.15) is 17.2 Å². The third-order valence-corrected chi connectivity index (χ3v) is 4.54. The zero-order valence-corrected chi connectivity index (χ0v) is 16.3.